The third-order valence-corrected chi connectivity index (χ3v) is 3.25. The number of oxazole rings is 1. The molecule has 0 aliphatic heterocycles. The molecule has 0 aliphatic rings. The Morgan fingerprint density at radius 1 is 1.10 bits per heavy atom. The van der Waals surface area contributed by atoms with Gasteiger partial charge in [-0.05, 0) is 19.1 Å². The number of para-hydroxylation sites is 2. The number of rotatable bonds is 3. The third-order valence-electron chi connectivity index (χ3n) is 3.25. The fraction of sp³-hybridized carbons (Fsp3) is 0.125. The first-order chi connectivity index (χ1) is 9.65. The minimum atomic E-state index is -0.508. The van der Waals surface area contributed by atoms with E-state index in [1.165, 1.54) is 4.57 Å². The van der Waals surface area contributed by atoms with Crippen molar-refractivity contribution in [2.24, 2.45) is 0 Å². The van der Waals surface area contributed by atoms with E-state index in [1.54, 1.807) is 30.3 Å². The predicted octanol–water partition coefficient (Wildman–Crippen LogP) is 2.79. The summed E-state index contributed by atoms with van der Waals surface area (Å²) in [7, 11) is 0. The van der Waals surface area contributed by atoms with Gasteiger partial charge in [0.1, 0.15) is 0 Å². The second kappa shape index (κ2) is 4.81. The lowest BCUT2D eigenvalue weighted by Gasteiger charge is -2.02. The van der Waals surface area contributed by atoms with Crippen LogP contribution in [0.3, 0.4) is 0 Å². The Bertz CT molecular complexity index is 825. The summed E-state index contributed by atoms with van der Waals surface area (Å²) >= 11 is 0. The highest BCUT2D eigenvalue weighted by atomic mass is 16.4. The van der Waals surface area contributed by atoms with Crippen molar-refractivity contribution in [2.75, 3.05) is 0 Å². The Balaban J connectivity index is 1.97. The molecule has 100 valence electrons. The Labute approximate surface area is 115 Å². The molecule has 4 heteroatoms. The number of ketones is 1. The van der Waals surface area contributed by atoms with E-state index in [1.807, 2.05) is 25.1 Å². The van der Waals surface area contributed by atoms with Crippen LogP contribution in [0.25, 0.3) is 11.1 Å². The van der Waals surface area contributed by atoms with Crippen molar-refractivity contribution in [1.29, 1.82) is 0 Å². The minimum Gasteiger partial charge on any atom is -0.408 e. The summed E-state index contributed by atoms with van der Waals surface area (Å²) in [4.78, 5) is 24.0. The molecule has 0 amide bonds. The smallest absolute Gasteiger partial charge is 0.408 e. The molecule has 4 nitrogen and oxygen atoms in total. The van der Waals surface area contributed by atoms with Crippen molar-refractivity contribution in [2.45, 2.75) is 13.5 Å². The van der Waals surface area contributed by atoms with Crippen LogP contribution >= 0.6 is 0 Å². The van der Waals surface area contributed by atoms with Gasteiger partial charge in [-0.1, -0.05) is 42.0 Å². The predicted molar refractivity (Wildman–Crippen MR) is 76.0 cm³/mol. The topological polar surface area (TPSA) is 52.2 Å². The molecular weight excluding hydrogens is 254 g/mol. The maximum absolute atomic E-state index is 12.2. The van der Waals surface area contributed by atoms with Crippen molar-refractivity contribution in [1.82, 2.24) is 4.57 Å². The Morgan fingerprint density at radius 2 is 1.80 bits per heavy atom. The van der Waals surface area contributed by atoms with Gasteiger partial charge >= 0.3 is 5.76 Å². The highest BCUT2D eigenvalue weighted by Gasteiger charge is 2.13. The summed E-state index contributed by atoms with van der Waals surface area (Å²) in [5.41, 5.74) is 2.81. The van der Waals surface area contributed by atoms with Crippen molar-refractivity contribution >= 4 is 16.9 Å². The van der Waals surface area contributed by atoms with Gasteiger partial charge in [0.25, 0.3) is 0 Å². The monoisotopic (exact) mass is 267 g/mol. The summed E-state index contributed by atoms with van der Waals surface area (Å²) in [6, 6.07) is 14.4. The van der Waals surface area contributed by atoms with Crippen LogP contribution in [0, 0.1) is 6.92 Å². The van der Waals surface area contributed by atoms with Crippen LogP contribution in [0.15, 0.2) is 57.7 Å². The zero-order valence-corrected chi connectivity index (χ0v) is 11.0. The molecule has 2 aromatic carbocycles. The van der Waals surface area contributed by atoms with E-state index in [-0.39, 0.29) is 12.3 Å². The summed E-state index contributed by atoms with van der Waals surface area (Å²) in [5.74, 6) is -0.620. The van der Waals surface area contributed by atoms with Gasteiger partial charge in [-0.2, -0.15) is 0 Å². The lowest BCUT2D eigenvalue weighted by atomic mass is 10.1. The zero-order chi connectivity index (χ0) is 14.1. The standard InChI is InChI=1S/C16H13NO3/c1-11-6-8-12(9-7-11)14(18)10-17-13-4-2-3-5-15(13)20-16(17)19/h2-9H,10H2,1H3. The molecule has 0 atom stereocenters. The number of Topliss-reactive ketones (excluding diaryl/α,β-unsaturated/α-hetero) is 1. The summed E-state index contributed by atoms with van der Waals surface area (Å²) in [5, 5.41) is 0. The summed E-state index contributed by atoms with van der Waals surface area (Å²) in [6.45, 7) is 1.95. The molecule has 3 aromatic rings. The normalized spacial score (nSPS) is 10.8. The maximum Gasteiger partial charge on any atom is 0.420 e. The third kappa shape index (κ3) is 2.16. The first kappa shape index (κ1) is 12.4. The Hall–Kier alpha value is -2.62. The number of aromatic nitrogens is 1. The number of carbonyl (C=O) groups is 1. The maximum atomic E-state index is 12.2. The average Bonchev–Trinajstić information content (AvgIpc) is 2.76. The van der Waals surface area contributed by atoms with E-state index in [0.29, 0.717) is 16.7 Å². The SMILES string of the molecule is Cc1ccc(C(=O)Cn2c(=O)oc3ccccc32)cc1. The van der Waals surface area contributed by atoms with E-state index in [4.69, 9.17) is 4.42 Å². The first-order valence-electron chi connectivity index (χ1n) is 6.33. The quantitative estimate of drug-likeness (QED) is 0.686. The van der Waals surface area contributed by atoms with Crippen LogP contribution in [0.1, 0.15) is 15.9 Å². The molecule has 0 radical (unpaired) electrons. The minimum absolute atomic E-state index is 0.0150. The summed E-state index contributed by atoms with van der Waals surface area (Å²) < 4.78 is 6.47. The molecule has 3 rings (SSSR count). The largest absolute Gasteiger partial charge is 0.420 e. The molecule has 1 aromatic heterocycles. The molecule has 0 aliphatic carbocycles. The van der Waals surface area contributed by atoms with Gasteiger partial charge in [-0.15, -0.1) is 0 Å². The molecule has 0 saturated heterocycles. The lowest BCUT2D eigenvalue weighted by molar-refractivity contribution is 0.0970. The lowest BCUT2D eigenvalue weighted by Crippen LogP contribution is -2.20. The first-order valence-corrected chi connectivity index (χ1v) is 6.33. The van der Waals surface area contributed by atoms with E-state index >= 15 is 0 Å². The van der Waals surface area contributed by atoms with Crippen molar-refractivity contribution in [3.63, 3.8) is 0 Å². The van der Waals surface area contributed by atoms with Gasteiger partial charge in [-0.25, -0.2) is 4.79 Å². The van der Waals surface area contributed by atoms with Gasteiger partial charge in [0.05, 0.1) is 12.1 Å². The van der Waals surface area contributed by atoms with Gasteiger partial charge in [0, 0.05) is 5.56 Å². The van der Waals surface area contributed by atoms with Crippen LogP contribution in [0.2, 0.25) is 0 Å². The molecule has 0 unspecified atom stereocenters. The number of carbonyl (C=O) groups excluding carboxylic acids is 1. The number of aryl methyl sites for hydroxylation is 1. The van der Waals surface area contributed by atoms with Crippen molar-refractivity contribution in [3.05, 3.63) is 70.2 Å². The fourth-order valence-electron chi connectivity index (χ4n) is 2.14. The van der Waals surface area contributed by atoms with Gasteiger partial charge < -0.3 is 4.42 Å². The molecule has 0 bridgehead atoms. The number of fused-ring (bicyclic) bond motifs is 1. The zero-order valence-electron chi connectivity index (χ0n) is 11.0. The van der Waals surface area contributed by atoms with Crippen molar-refractivity contribution in [3.8, 4) is 0 Å². The molecule has 0 saturated carbocycles. The highest BCUT2D eigenvalue weighted by molar-refractivity contribution is 5.96. The Kier molecular flexibility index (Phi) is 2.99. The van der Waals surface area contributed by atoms with Crippen LogP contribution in [-0.4, -0.2) is 10.4 Å². The van der Waals surface area contributed by atoms with Gasteiger partial charge in [0.15, 0.2) is 11.4 Å². The molecule has 1 heterocycles. The molecule has 20 heavy (non-hydrogen) atoms. The molecule has 0 N–H and O–H groups in total. The van der Waals surface area contributed by atoms with Gasteiger partial charge in [0.2, 0.25) is 0 Å². The van der Waals surface area contributed by atoms with E-state index < -0.39 is 5.76 Å². The fourth-order valence-corrected chi connectivity index (χ4v) is 2.14. The summed E-state index contributed by atoms with van der Waals surface area (Å²) in [6.07, 6.45) is 0. The second-order valence-corrected chi connectivity index (χ2v) is 4.71. The molecular formula is C16H13NO3. The number of hydrogen-bond acceptors (Lipinski definition) is 3. The number of benzene rings is 2. The van der Waals surface area contributed by atoms with E-state index in [9.17, 15) is 9.59 Å². The highest BCUT2D eigenvalue weighted by Crippen LogP contribution is 2.13. The van der Waals surface area contributed by atoms with Crippen LogP contribution in [0.4, 0.5) is 0 Å². The van der Waals surface area contributed by atoms with Crippen LogP contribution in [0.5, 0.6) is 0 Å². The molecule has 0 spiro atoms. The second-order valence-electron chi connectivity index (χ2n) is 4.71. The Morgan fingerprint density at radius 3 is 2.55 bits per heavy atom. The van der Waals surface area contributed by atoms with Crippen LogP contribution < -0.4 is 5.76 Å². The average molecular weight is 267 g/mol. The molecule has 0 fully saturated rings. The van der Waals surface area contributed by atoms with E-state index in [0.717, 1.165) is 5.56 Å². The van der Waals surface area contributed by atoms with Gasteiger partial charge in [-0.3, -0.25) is 9.36 Å². The van der Waals surface area contributed by atoms with E-state index in [2.05, 4.69) is 0 Å². The van der Waals surface area contributed by atoms with Crippen LogP contribution in [-0.2, 0) is 6.54 Å². The number of hydrogen-bond donors (Lipinski definition) is 0. The van der Waals surface area contributed by atoms with Crippen molar-refractivity contribution < 1.29 is 9.21 Å². The number of nitrogens with zero attached hydrogens (tertiary/aromatic N) is 1.